The van der Waals surface area contributed by atoms with Crippen molar-refractivity contribution in [3.8, 4) is 0 Å². The van der Waals surface area contributed by atoms with Crippen LogP contribution in [0, 0.1) is 11.8 Å². The number of hydrogen-bond donors (Lipinski definition) is 0. The van der Waals surface area contributed by atoms with Gasteiger partial charge >= 0.3 is 5.97 Å². The van der Waals surface area contributed by atoms with E-state index in [1.165, 1.54) is 6.92 Å². The predicted molar refractivity (Wildman–Crippen MR) is 111 cm³/mol. The molecule has 28 heavy (non-hydrogen) atoms. The molecule has 0 unspecified atom stereocenters. The normalized spacial score (nSPS) is 38.3. The Morgan fingerprint density at radius 1 is 1.07 bits per heavy atom. The van der Waals surface area contributed by atoms with Gasteiger partial charge in [-0.1, -0.05) is 39.8 Å². The molecule has 0 amide bonds. The summed E-state index contributed by atoms with van der Waals surface area (Å²) >= 11 is 0. The molecule has 0 aliphatic carbocycles. The van der Waals surface area contributed by atoms with Crippen LogP contribution in [-0.2, 0) is 23.4 Å². The van der Waals surface area contributed by atoms with E-state index in [0.717, 1.165) is 12.8 Å². The molecule has 0 N–H and O–H groups in total. The molecule has 3 aliphatic rings. The lowest BCUT2D eigenvalue weighted by Crippen LogP contribution is -2.51. The third-order valence-corrected chi connectivity index (χ3v) is 11.3. The lowest BCUT2D eigenvalue weighted by molar-refractivity contribution is -0.183. The second-order valence-electron chi connectivity index (χ2n) is 9.90. The van der Waals surface area contributed by atoms with Gasteiger partial charge < -0.3 is 18.6 Å². The molecule has 0 aromatic rings. The maximum absolute atomic E-state index is 11.7. The number of fused-ring (bicyclic) bond motifs is 2. The Hall–Kier alpha value is -0.953. The van der Waals surface area contributed by atoms with Gasteiger partial charge in [0.05, 0.1) is 12.2 Å². The Labute approximate surface area is 170 Å². The predicted octanol–water partition coefficient (Wildman–Crippen LogP) is 4.59. The van der Waals surface area contributed by atoms with E-state index in [2.05, 4.69) is 52.9 Å². The first-order valence-electron chi connectivity index (χ1n) is 10.5. The molecule has 1 saturated heterocycles. The van der Waals surface area contributed by atoms with Crippen molar-refractivity contribution in [3.05, 3.63) is 24.3 Å². The van der Waals surface area contributed by atoms with Gasteiger partial charge in [-0.25, -0.2) is 0 Å². The molecular formula is C22H36O5Si. The van der Waals surface area contributed by atoms with E-state index < -0.39 is 20.7 Å². The van der Waals surface area contributed by atoms with Crippen molar-refractivity contribution in [3.63, 3.8) is 0 Å². The van der Waals surface area contributed by atoms with Crippen LogP contribution in [0.3, 0.4) is 0 Å². The van der Waals surface area contributed by atoms with Gasteiger partial charge in [-0.3, -0.25) is 4.79 Å². The van der Waals surface area contributed by atoms with Gasteiger partial charge in [0.2, 0.25) is 0 Å². The number of carbonyl (C=O) groups is 1. The monoisotopic (exact) mass is 408 g/mol. The first-order chi connectivity index (χ1) is 13.0. The maximum Gasteiger partial charge on any atom is 0.303 e. The van der Waals surface area contributed by atoms with E-state index in [4.69, 9.17) is 18.6 Å². The largest absolute Gasteiger partial charge is 0.456 e. The van der Waals surface area contributed by atoms with E-state index in [1.54, 1.807) is 0 Å². The minimum absolute atomic E-state index is 0.0850. The van der Waals surface area contributed by atoms with Crippen LogP contribution in [0.1, 0.15) is 47.5 Å². The summed E-state index contributed by atoms with van der Waals surface area (Å²) < 4.78 is 24.9. The summed E-state index contributed by atoms with van der Waals surface area (Å²) in [5, 5.41) is 0.0927. The highest BCUT2D eigenvalue weighted by Gasteiger charge is 2.51. The molecule has 0 aromatic heterocycles. The Kier molecular flexibility index (Phi) is 6.25. The van der Waals surface area contributed by atoms with Crippen LogP contribution >= 0.6 is 0 Å². The van der Waals surface area contributed by atoms with Crippen molar-refractivity contribution in [1.82, 2.24) is 0 Å². The third kappa shape index (κ3) is 4.45. The minimum Gasteiger partial charge on any atom is -0.456 e. The molecular weight excluding hydrogens is 372 g/mol. The zero-order valence-electron chi connectivity index (χ0n) is 18.3. The molecule has 0 spiro atoms. The molecule has 7 atom stereocenters. The Balaban J connectivity index is 1.83. The zero-order valence-corrected chi connectivity index (χ0v) is 19.3. The molecule has 3 aliphatic heterocycles. The highest BCUT2D eigenvalue weighted by Crippen LogP contribution is 2.44. The van der Waals surface area contributed by atoms with Crippen LogP contribution in [0.5, 0.6) is 0 Å². The van der Waals surface area contributed by atoms with E-state index >= 15 is 0 Å². The average Bonchev–Trinajstić information content (AvgIpc) is 2.73. The zero-order chi connectivity index (χ0) is 20.7. The molecule has 6 heteroatoms. The molecule has 2 bridgehead atoms. The Morgan fingerprint density at radius 2 is 1.71 bits per heavy atom. The lowest BCUT2D eigenvalue weighted by atomic mass is 9.78. The van der Waals surface area contributed by atoms with Crippen molar-refractivity contribution in [1.29, 1.82) is 0 Å². The standard InChI is InChI=1S/C22H36O5Si/c1-14-16-10-8-9-11-17(25-16)20(14)21-18(24-15(2)23)12-13-19(26-21)27-28(6,7)22(3,4)5/h8-9,12-14,16-21H,10-11H2,1-7H3/t14-,16-,17+,18-,19+,20-,21+/m1/s1. The van der Waals surface area contributed by atoms with Crippen molar-refractivity contribution in [2.45, 2.75) is 96.3 Å². The van der Waals surface area contributed by atoms with Crippen molar-refractivity contribution >= 4 is 14.3 Å². The Morgan fingerprint density at radius 3 is 2.32 bits per heavy atom. The maximum atomic E-state index is 11.7. The highest BCUT2D eigenvalue weighted by molar-refractivity contribution is 6.74. The average molecular weight is 409 g/mol. The van der Waals surface area contributed by atoms with Crippen LogP contribution in [0.15, 0.2) is 24.3 Å². The topological polar surface area (TPSA) is 54.0 Å². The van der Waals surface area contributed by atoms with Crippen LogP contribution in [0.2, 0.25) is 18.1 Å². The van der Waals surface area contributed by atoms with Gasteiger partial charge in [-0.15, -0.1) is 0 Å². The minimum atomic E-state index is -1.99. The molecule has 3 rings (SSSR count). The fourth-order valence-corrected chi connectivity index (χ4v) is 5.28. The van der Waals surface area contributed by atoms with Gasteiger partial charge in [0.15, 0.2) is 14.6 Å². The summed E-state index contributed by atoms with van der Waals surface area (Å²) in [6.45, 7) is 14.8. The summed E-state index contributed by atoms with van der Waals surface area (Å²) in [7, 11) is -1.99. The van der Waals surface area contributed by atoms with Gasteiger partial charge in [-0.2, -0.15) is 0 Å². The Bertz CT molecular complexity index is 635. The summed E-state index contributed by atoms with van der Waals surface area (Å²) in [6, 6.07) is 0. The van der Waals surface area contributed by atoms with E-state index in [-0.39, 0.29) is 35.2 Å². The van der Waals surface area contributed by atoms with Crippen LogP contribution < -0.4 is 0 Å². The van der Waals surface area contributed by atoms with E-state index in [1.807, 2.05) is 12.2 Å². The summed E-state index contributed by atoms with van der Waals surface area (Å²) in [6.07, 6.45) is 9.27. The third-order valence-electron chi connectivity index (χ3n) is 6.85. The summed E-state index contributed by atoms with van der Waals surface area (Å²) in [4.78, 5) is 11.7. The number of rotatable bonds is 4. The van der Waals surface area contributed by atoms with Gasteiger partial charge in [0, 0.05) is 12.8 Å². The van der Waals surface area contributed by atoms with Gasteiger partial charge in [-0.05, 0) is 49.0 Å². The van der Waals surface area contributed by atoms with Crippen molar-refractivity contribution in [2.75, 3.05) is 0 Å². The fourth-order valence-electron chi connectivity index (χ4n) is 4.21. The van der Waals surface area contributed by atoms with Crippen LogP contribution in [0.25, 0.3) is 0 Å². The molecule has 158 valence electrons. The molecule has 0 radical (unpaired) electrons. The number of hydrogen-bond acceptors (Lipinski definition) is 5. The summed E-state index contributed by atoms with van der Waals surface area (Å²) in [5.74, 6) is 0.200. The van der Waals surface area contributed by atoms with Crippen LogP contribution in [-0.4, -0.2) is 45.0 Å². The van der Waals surface area contributed by atoms with E-state index in [0.29, 0.717) is 5.92 Å². The quantitative estimate of drug-likeness (QED) is 0.387. The SMILES string of the molecule is CC(=O)O[C@@H]1C=C[C@H](O[Si](C)(C)C(C)(C)C)O[C@@H]1[C@@H]1[C@H](C)[C@H]2CC=CC[C@@H]1O2. The van der Waals surface area contributed by atoms with Crippen LogP contribution in [0.4, 0.5) is 0 Å². The van der Waals surface area contributed by atoms with Gasteiger partial charge in [0.25, 0.3) is 0 Å². The van der Waals surface area contributed by atoms with Crippen molar-refractivity contribution < 1.29 is 23.4 Å². The molecule has 0 aromatic carbocycles. The first kappa shape index (κ1) is 21.7. The summed E-state index contributed by atoms with van der Waals surface area (Å²) in [5.41, 5.74) is 0. The molecule has 5 nitrogen and oxygen atoms in total. The first-order valence-corrected chi connectivity index (χ1v) is 13.4. The van der Waals surface area contributed by atoms with Crippen molar-refractivity contribution in [2.24, 2.45) is 11.8 Å². The second kappa shape index (κ2) is 8.05. The molecule has 3 heterocycles. The molecule has 0 saturated carbocycles. The van der Waals surface area contributed by atoms with Gasteiger partial charge in [0.1, 0.15) is 12.2 Å². The number of carbonyl (C=O) groups excluding carboxylic acids is 1. The fraction of sp³-hybridized carbons (Fsp3) is 0.773. The second-order valence-corrected chi connectivity index (χ2v) is 14.7. The highest BCUT2D eigenvalue weighted by atomic mass is 28.4. The smallest absolute Gasteiger partial charge is 0.303 e. The number of esters is 1. The number of ether oxygens (including phenoxy) is 3. The molecule has 1 fully saturated rings. The lowest BCUT2D eigenvalue weighted by Gasteiger charge is -2.43. The van der Waals surface area contributed by atoms with E-state index in [9.17, 15) is 4.79 Å².